The molecule has 1 N–H and O–H groups in total. The smallest absolute Gasteiger partial charge is 0.274 e. The van der Waals surface area contributed by atoms with E-state index in [9.17, 15) is 9.59 Å². The van der Waals surface area contributed by atoms with Crippen LogP contribution < -0.4 is 5.32 Å². The maximum absolute atomic E-state index is 12.4. The number of fused-ring (bicyclic) bond motifs is 1. The molecule has 0 saturated carbocycles. The third-order valence-electron chi connectivity index (χ3n) is 4.19. The molecule has 2 heterocycles. The van der Waals surface area contributed by atoms with Crippen molar-refractivity contribution in [2.24, 2.45) is 0 Å². The summed E-state index contributed by atoms with van der Waals surface area (Å²) in [5.41, 5.74) is 1.93. The van der Waals surface area contributed by atoms with E-state index in [4.69, 9.17) is 4.42 Å². The van der Waals surface area contributed by atoms with Crippen LogP contribution in [0.3, 0.4) is 0 Å². The van der Waals surface area contributed by atoms with Crippen molar-refractivity contribution in [2.45, 2.75) is 26.4 Å². The first kappa shape index (κ1) is 17.7. The van der Waals surface area contributed by atoms with E-state index in [1.807, 2.05) is 38.1 Å². The first-order valence-electron chi connectivity index (χ1n) is 8.26. The summed E-state index contributed by atoms with van der Waals surface area (Å²) in [6, 6.07) is 7.41. The van der Waals surface area contributed by atoms with E-state index < -0.39 is 0 Å². The number of hydrogen-bond acceptors (Lipinski definition) is 5. The lowest BCUT2D eigenvalue weighted by atomic mass is 10.1. The van der Waals surface area contributed by atoms with Gasteiger partial charge in [-0.2, -0.15) is 0 Å². The summed E-state index contributed by atoms with van der Waals surface area (Å²) >= 11 is 0. The van der Waals surface area contributed by atoms with Crippen molar-refractivity contribution >= 4 is 22.8 Å². The second-order valence-corrected chi connectivity index (χ2v) is 6.37. The number of aryl methyl sites for hydroxylation is 1. The van der Waals surface area contributed by atoms with Gasteiger partial charge in [0.05, 0.1) is 12.2 Å². The van der Waals surface area contributed by atoms with Crippen LogP contribution >= 0.6 is 0 Å². The molecular weight excluding hydrogens is 334 g/mol. The topological polar surface area (TPSA) is 93.3 Å². The predicted octanol–water partition coefficient (Wildman–Crippen LogP) is 1.91. The zero-order chi connectivity index (χ0) is 18.8. The normalized spacial score (nSPS) is 12.2. The average Bonchev–Trinajstić information content (AvgIpc) is 3.20. The average molecular weight is 355 g/mol. The van der Waals surface area contributed by atoms with Crippen LogP contribution in [0.1, 0.15) is 34.8 Å². The van der Waals surface area contributed by atoms with Gasteiger partial charge in [0.25, 0.3) is 5.91 Å². The maximum Gasteiger partial charge on any atom is 0.274 e. The fraction of sp³-hybridized carbons (Fsp3) is 0.333. The number of furan rings is 1. The van der Waals surface area contributed by atoms with E-state index in [0.29, 0.717) is 5.76 Å². The van der Waals surface area contributed by atoms with Gasteiger partial charge < -0.3 is 14.6 Å². The number of likely N-dealkylation sites (N-methyl/N-ethyl adjacent to an activating group) is 1. The highest BCUT2D eigenvalue weighted by atomic mass is 16.3. The molecule has 0 aliphatic carbocycles. The molecule has 136 valence electrons. The zero-order valence-electron chi connectivity index (χ0n) is 15.2. The molecule has 2 aromatic heterocycles. The number of hydrogen-bond donors (Lipinski definition) is 1. The maximum atomic E-state index is 12.4. The summed E-state index contributed by atoms with van der Waals surface area (Å²) in [5, 5.41) is 11.6. The summed E-state index contributed by atoms with van der Waals surface area (Å²) in [7, 11) is 3.31. The summed E-state index contributed by atoms with van der Waals surface area (Å²) in [4.78, 5) is 25.6. The van der Waals surface area contributed by atoms with E-state index in [-0.39, 0.29) is 30.1 Å². The number of nitrogens with zero attached hydrogens (tertiary/aromatic N) is 4. The number of para-hydroxylation sites is 1. The number of benzene rings is 1. The largest absolute Gasteiger partial charge is 0.459 e. The Balaban J connectivity index is 1.72. The third-order valence-corrected chi connectivity index (χ3v) is 4.19. The molecule has 1 unspecified atom stereocenters. The second-order valence-electron chi connectivity index (χ2n) is 6.37. The lowest BCUT2D eigenvalue weighted by Crippen LogP contribution is -2.27. The van der Waals surface area contributed by atoms with Gasteiger partial charge in [-0.1, -0.05) is 23.4 Å². The van der Waals surface area contributed by atoms with Crippen molar-refractivity contribution in [3.8, 4) is 0 Å². The number of carbonyl (C=O) groups is 2. The fourth-order valence-corrected chi connectivity index (χ4v) is 2.70. The highest BCUT2D eigenvalue weighted by molar-refractivity contribution is 5.92. The molecule has 0 bridgehead atoms. The second kappa shape index (κ2) is 6.99. The summed E-state index contributed by atoms with van der Waals surface area (Å²) in [6.45, 7) is 3.85. The van der Waals surface area contributed by atoms with Crippen molar-refractivity contribution < 1.29 is 14.0 Å². The van der Waals surface area contributed by atoms with Gasteiger partial charge in [-0.05, 0) is 19.9 Å². The van der Waals surface area contributed by atoms with Crippen LogP contribution in [-0.2, 0) is 11.3 Å². The van der Waals surface area contributed by atoms with Crippen LogP contribution in [0.5, 0.6) is 0 Å². The zero-order valence-corrected chi connectivity index (χ0v) is 15.2. The van der Waals surface area contributed by atoms with Crippen LogP contribution in [0.25, 0.3) is 11.0 Å². The Kier molecular flexibility index (Phi) is 4.75. The van der Waals surface area contributed by atoms with E-state index >= 15 is 0 Å². The molecule has 0 fully saturated rings. The highest BCUT2D eigenvalue weighted by Gasteiger charge is 2.20. The van der Waals surface area contributed by atoms with E-state index in [1.54, 1.807) is 14.1 Å². The van der Waals surface area contributed by atoms with Gasteiger partial charge in [-0.3, -0.25) is 9.59 Å². The standard InChI is InChI=1S/C18H21N5O3/c1-11-13-7-5-6-8-15(13)26-17(11)12(2)19-18(25)14-9-23(21-20-14)10-16(24)22(3)4/h5-9,12H,10H2,1-4H3,(H,19,25). The highest BCUT2D eigenvalue weighted by Crippen LogP contribution is 2.29. The summed E-state index contributed by atoms with van der Waals surface area (Å²) in [6.07, 6.45) is 1.45. The molecule has 0 saturated heterocycles. The predicted molar refractivity (Wildman–Crippen MR) is 95.5 cm³/mol. The molecule has 0 radical (unpaired) electrons. The minimum Gasteiger partial charge on any atom is -0.459 e. The lowest BCUT2D eigenvalue weighted by Gasteiger charge is -2.11. The minimum absolute atomic E-state index is 0.0332. The molecule has 3 aromatic rings. The van der Waals surface area contributed by atoms with Gasteiger partial charge in [0.1, 0.15) is 17.9 Å². The number of nitrogens with one attached hydrogen (secondary N) is 1. The van der Waals surface area contributed by atoms with Crippen LogP contribution in [-0.4, -0.2) is 45.8 Å². The molecule has 3 rings (SSSR count). The van der Waals surface area contributed by atoms with Gasteiger partial charge in [0, 0.05) is 25.0 Å². The monoisotopic (exact) mass is 355 g/mol. The lowest BCUT2D eigenvalue weighted by molar-refractivity contribution is -0.129. The van der Waals surface area contributed by atoms with Crippen LogP contribution in [0.4, 0.5) is 0 Å². The molecular formula is C18H21N5O3. The Morgan fingerprint density at radius 2 is 2.04 bits per heavy atom. The van der Waals surface area contributed by atoms with Crippen LogP contribution in [0, 0.1) is 6.92 Å². The number of aromatic nitrogens is 3. The first-order valence-corrected chi connectivity index (χ1v) is 8.26. The molecule has 0 spiro atoms. The summed E-state index contributed by atoms with van der Waals surface area (Å²) in [5.74, 6) is 0.198. The van der Waals surface area contributed by atoms with Crippen LogP contribution in [0.2, 0.25) is 0 Å². The molecule has 1 atom stereocenters. The first-order chi connectivity index (χ1) is 12.4. The van der Waals surface area contributed by atoms with Gasteiger partial charge in [-0.25, -0.2) is 4.68 Å². The Bertz CT molecular complexity index is 957. The SMILES string of the molecule is Cc1c(C(C)NC(=O)c2cn(CC(=O)N(C)C)nn2)oc2ccccc12. The minimum atomic E-state index is -0.374. The summed E-state index contributed by atoms with van der Waals surface area (Å²) < 4.78 is 7.22. The molecule has 1 aromatic carbocycles. The molecule has 0 aliphatic heterocycles. The van der Waals surface area contributed by atoms with Gasteiger partial charge in [-0.15, -0.1) is 5.10 Å². The molecule has 8 nitrogen and oxygen atoms in total. The van der Waals surface area contributed by atoms with Gasteiger partial charge >= 0.3 is 0 Å². The number of rotatable bonds is 5. The van der Waals surface area contributed by atoms with Gasteiger partial charge in [0.15, 0.2) is 5.69 Å². The fourth-order valence-electron chi connectivity index (χ4n) is 2.70. The van der Waals surface area contributed by atoms with E-state index in [1.165, 1.54) is 15.8 Å². The molecule has 8 heteroatoms. The Hall–Kier alpha value is -3.16. The van der Waals surface area contributed by atoms with Crippen LogP contribution in [0.15, 0.2) is 34.9 Å². The Labute approximate surface area is 150 Å². The van der Waals surface area contributed by atoms with Gasteiger partial charge in [0.2, 0.25) is 5.91 Å². The van der Waals surface area contributed by atoms with Crippen molar-refractivity contribution in [2.75, 3.05) is 14.1 Å². The van der Waals surface area contributed by atoms with Crippen molar-refractivity contribution in [3.05, 3.63) is 47.5 Å². The Morgan fingerprint density at radius 1 is 1.31 bits per heavy atom. The quantitative estimate of drug-likeness (QED) is 0.755. The van der Waals surface area contributed by atoms with Crippen molar-refractivity contribution in [1.29, 1.82) is 0 Å². The number of carbonyl (C=O) groups excluding carboxylic acids is 2. The van der Waals surface area contributed by atoms with Crippen molar-refractivity contribution in [3.63, 3.8) is 0 Å². The molecule has 0 aliphatic rings. The van der Waals surface area contributed by atoms with Crippen molar-refractivity contribution in [1.82, 2.24) is 25.2 Å². The Morgan fingerprint density at radius 3 is 2.73 bits per heavy atom. The third kappa shape index (κ3) is 3.44. The molecule has 26 heavy (non-hydrogen) atoms. The van der Waals surface area contributed by atoms with E-state index in [2.05, 4.69) is 15.6 Å². The molecule has 2 amide bonds. The van der Waals surface area contributed by atoms with E-state index in [0.717, 1.165) is 16.5 Å². The number of amides is 2.